The van der Waals surface area contributed by atoms with Crippen LogP contribution in [0.1, 0.15) is 11.1 Å². The van der Waals surface area contributed by atoms with Crippen LogP contribution in [0.15, 0.2) is 54.7 Å². The summed E-state index contributed by atoms with van der Waals surface area (Å²) in [6.45, 7) is 0.359. The number of ether oxygens (including phenoxy) is 2. The molecule has 2 aromatic carbocycles. The van der Waals surface area contributed by atoms with Crippen LogP contribution in [0.4, 0.5) is 0 Å². The molecule has 3 aromatic rings. The van der Waals surface area contributed by atoms with Crippen molar-refractivity contribution in [2.45, 2.75) is 6.54 Å². The van der Waals surface area contributed by atoms with Crippen LogP contribution in [0.3, 0.4) is 0 Å². The monoisotopic (exact) mass is 336 g/mol. The van der Waals surface area contributed by atoms with Gasteiger partial charge in [0.15, 0.2) is 0 Å². The molecule has 0 atom stereocenters. The Hall–Kier alpha value is -3.21. The Kier molecular flexibility index (Phi) is 5.04. The van der Waals surface area contributed by atoms with E-state index in [0.717, 1.165) is 27.8 Å². The molecular formula is C20H20N2O3. The Morgan fingerprint density at radius 2 is 2.00 bits per heavy atom. The first-order chi connectivity index (χ1) is 12.2. The molecule has 1 amide bonds. The molecule has 5 nitrogen and oxygen atoms in total. The highest BCUT2D eigenvalue weighted by atomic mass is 16.5. The summed E-state index contributed by atoms with van der Waals surface area (Å²) in [6, 6.07) is 13.5. The third-order valence-electron chi connectivity index (χ3n) is 3.98. The second kappa shape index (κ2) is 7.57. The standard InChI is InChI=1S/C20H20N2O3/c1-24-16-8-9-19(25-2)15(11-16)13-22-20(23)10-7-14-12-21-18-6-4-3-5-17(14)18/h3-12,21H,13H2,1-2H3,(H,22,23)/b10-7+. The first-order valence-corrected chi connectivity index (χ1v) is 7.94. The average molecular weight is 336 g/mol. The van der Waals surface area contributed by atoms with Crippen LogP contribution in [0.25, 0.3) is 17.0 Å². The zero-order chi connectivity index (χ0) is 17.6. The van der Waals surface area contributed by atoms with Crippen molar-refractivity contribution < 1.29 is 14.3 Å². The Balaban J connectivity index is 1.67. The van der Waals surface area contributed by atoms with Crippen LogP contribution >= 0.6 is 0 Å². The van der Waals surface area contributed by atoms with Crippen LogP contribution in [-0.2, 0) is 11.3 Å². The molecule has 25 heavy (non-hydrogen) atoms. The number of hydrogen-bond acceptors (Lipinski definition) is 3. The smallest absolute Gasteiger partial charge is 0.244 e. The van der Waals surface area contributed by atoms with E-state index in [1.807, 2.05) is 48.7 Å². The van der Waals surface area contributed by atoms with Crippen molar-refractivity contribution in [2.24, 2.45) is 0 Å². The van der Waals surface area contributed by atoms with Crippen LogP contribution in [0.2, 0.25) is 0 Å². The number of hydrogen-bond donors (Lipinski definition) is 2. The topological polar surface area (TPSA) is 63.4 Å². The summed E-state index contributed by atoms with van der Waals surface area (Å²) in [6.07, 6.45) is 5.22. The molecule has 2 N–H and O–H groups in total. The predicted octanol–water partition coefficient (Wildman–Crippen LogP) is 3.51. The summed E-state index contributed by atoms with van der Waals surface area (Å²) >= 11 is 0. The number of para-hydroxylation sites is 1. The third kappa shape index (κ3) is 3.83. The Morgan fingerprint density at radius 1 is 1.16 bits per heavy atom. The minimum Gasteiger partial charge on any atom is -0.497 e. The molecule has 128 valence electrons. The fraction of sp³-hybridized carbons (Fsp3) is 0.150. The molecule has 1 aromatic heterocycles. The fourth-order valence-electron chi connectivity index (χ4n) is 2.66. The van der Waals surface area contributed by atoms with Gasteiger partial charge in [-0.2, -0.15) is 0 Å². The SMILES string of the molecule is COc1ccc(OC)c(CNC(=O)/C=C/c2c[nH]c3ccccc23)c1. The molecule has 5 heteroatoms. The maximum absolute atomic E-state index is 12.1. The molecule has 0 aliphatic heterocycles. The highest BCUT2D eigenvalue weighted by molar-refractivity contribution is 5.96. The summed E-state index contributed by atoms with van der Waals surface area (Å²) < 4.78 is 10.5. The Labute approximate surface area is 146 Å². The molecular weight excluding hydrogens is 316 g/mol. The van der Waals surface area contributed by atoms with Gasteiger partial charge in [-0.15, -0.1) is 0 Å². The van der Waals surface area contributed by atoms with Crippen molar-refractivity contribution in [3.63, 3.8) is 0 Å². The molecule has 1 heterocycles. The van der Waals surface area contributed by atoms with E-state index in [4.69, 9.17) is 9.47 Å². The van der Waals surface area contributed by atoms with Gasteiger partial charge in [-0.25, -0.2) is 0 Å². The number of fused-ring (bicyclic) bond motifs is 1. The number of amides is 1. The van der Waals surface area contributed by atoms with E-state index in [-0.39, 0.29) is 5.91 Å². The van der Waals surface area contributed by atoms with E-state index in [1.165, 1.54) is 6.08 Å². The highest BCUT2D eigenvalue weighted by Crippen LogP contribution is 2.23. The lowest BCUT2D eigenvalue weighted by Crippen LogP contribution is -2.20. The number of carbonyl (C=O) groups excluding carboxylic acids is 1. The van der Waals surface area contributed by atoms with Gasteiger partial charge in [0.2, 0.25) is 5.91 Å². The van der Waals surface area contributed by atoms with E-state index in [2.05, 4.69) is 10.3 Å². The van der Waals surface area contributed by atoms with Crippen LogP contribution in [-0.4, -0.2) is 25.1 Å². The van der Waals surface area contributed by atoms with Crippen molar-refractivity contribution in [1.29, 1.82) is 0 Å². The second-order valence-electron chi connectivity index (χ2n) is 5.52. The molecule has 0 aliphatic carbocycles. The van der Waals surface area contributed by atoms with Crippen LogP contribution in [0, 0.1) is 0 Å². The van der Waals surface area contributed by atoms with Crippen LogP contribution in [0.5, 0.6) is 11.5 Å². The molecule has 0 saturated carbocycles. The molecule has 0 aliphatic rings. The van der Waals surface area contributed by atoms with Gasteiger partial charge in [-0.3, -0.25) is 4.79 Å². The highest BCUT2D eigenvalue weighted by Gasteiger charge is 2.06. The zero-order valence-electron chi connectivity index (χ0n) is 14.2. The summed E-state index contributed by atoms with van der Waals surface area (Å²) in [5.74, 6) is 1.26. The number of carbonyl (C=O) groups is 1. The zero-order valence-corrected chi connectivity index (χ0v) is 14.2. The van der Waals surface area contributed by atoms with Gasteiger partial charge < -0.3 is 19.8 Å². The number of benzene rings is 2. The first-order valence-electron chi connectivity index (χ1n) is 7.94. The summed E-state index contributed by atoms with van der Waals surface area (Å²) in [5, 5.41) is 3.95. The van der Waals surface area contributed by atoms with Crippen molar-refractivity contribution in [3.8, 4) is 11.5 Å². The van der Waals surface area contributed by atoms with Gasteiger partial charge in [-0.05, 0) is 35.9 Å². The largest absolute Gasteiger partial charge is 0.497 e. The summed E-state index contributed by atoms with van der Waals surface area (Å²) in [4.78, 5) is 15.3. The van der Waals surface area contributed by atoms with Crippen LogP contribution < -0.4 is 14.8 Å². The van der Waals surface area contributed by atoms with Crippen molar-refractivity contribution >= 4 is 22.9 Å². The maximum atomic E-state index is 12.1. The van der Waals surface area contributed by atoms with E-state index in [9.17, 15) is 4.79 Å². The molecule has 0 fully saturated rings. The minimum atomic E-state index is -0.171. The van der Waals surface area contributed by atoms with E-state index < -0.39 is 0 Å². The van der Waals surface area contributed by atoms with Crippen molar-refractivity contribution in [3.05, 3.63) is 65.9 Å². The third-order valence-corrected chi connectivity index (χ3v) is 3.98. The predicted molar refractivity (Wildman–Crippen MR) is 98.7 cm³/mol. The Morgan fingerprint density at radius 3 is 2.80 bits per heavy atom. The number of aromatic nitrogens is 1. The van der Waals surface area contributed by atoms with Gasteiger partial charge >= 0.3 is 0 Å². The number of H-pyrrole nitrogens is 1. The average Bonchev–Trinajstić information content (AvgIpc) is 3.07. The number of rotatable bonds is 6. The van der Waals surface area contributed by atoms with Gasteiger partial charge in [0.1, 0.15) is 11.5 Å². The fourth-order valence-corrected chi connectivity index (χ4v) is 2.66. The van der Waals surface area contributed by atoms with Crippen molar-refractivity contribution in [2.75, 3.05) is 14.2 Å². The Bertz CT molecular complexity index is 912. The maximum Gasteiger partial charge on any atom is 0.244 e. The summed E-state index contributed by atoms with van der Waals surface area (Å²) in [5.41, 5.74) is 2.88. The van der Waals surface area contributed by atoms with Gasteiger partial charge in [0.05, 0.1) is 14.2 Å². The normalized spacial score (nSPS) is 11.0. The van der Waals surface area contributed by atoms with E-state index in [0.29, 0.717) is 12.3 Å². The second-order valence-corrected chi connectivity index (χ2v) is 5.52. The number of methoxy groups -OCH3 is 2. The minimum absolute atomic E-state index is 0.171. The molecule has 0 spiro atoms. The van der Waals surface area contributed by atoms with E-state index >= 15 is 0 Å². The molecule has 0 bridgehead atoms. The first kappa shape index (κ1) is 16.6. The molecule has 0 radical (unpaired) electrons. The number of nitrogens with one attached hydrogen (secondary N) is 2. The van der Waals surface area contributed by atoms with Crippen molar-refractivity contribution in [1.82, 2.24) is 10.3 Å². The lowest BCUT2D eigenvalue weighted by molar-refractivity contribution is -0.116. The van der Waals surface area contributed by atoms with E-state index in [1.54, 1.807) is 20.3 Å². The molecule has 0 unspecified atom stereocenters. The molecule has 3 rings (SSSR count). The van der Waals surface area contributed by atoms with Gasteiger partial charge in [-0.1, -0.05) is 18.2 Å². The van der Waals surface area contributed by atoms with Gasteiger partial charge in [0, 0.05) is 35.3 Å². The summed E-state index contributed by atoms with van der Waals surface area (Å²) in [7, 11) is 3.21. The lowest BCUT2D eigenvalue weighted by atomic mass is 10.1. The number of aromatic amines is 1. The van der Waals surface area contributed by atoms with Gasteiger partial charge in [0.25, 0.3) is 0 Å². The molecule has 0 saturated heterocycles. The quantitative estimate of drug-likeness (QED) is 0.677. The lowest BCUT2D eigenvalue weighted by Gasteiger charge is -2.10.